The third kappa shape index (κ3) is 4.10. The lowest BCUT2D eigenvalue weighted by Gasteiger charge is -2.10. The van der Waals surface area contributed by atoms with Crippen LogP contribution in [0.2, 0.25) is 0 Å². The first-order valence-corrected chi connectivity index (χ1v) is 7.02. The largest absolute Gasteiger partial charge is 0.483 e. The van der Waals surface area contributed by atoms with E-state index in [1.165, 1.54) is 18.2 Å². The summed E-state index contributed by atoms with van der Waals surface area (Å²) >= 11 is 3.17. The van der Waals surface area contributed by atoms with Crippen LogP contribution in [0, 0.1) is 17.5 Å². The van der Waals surface area contributed by atoms with Crippen molar-refractivity contribution in [3.8, 4) is 5.75 Å². The van der Waals surface area contributed by atoms with Crippen LogP contribution in [-0.2, 0) is 4.79 Å². The predicted molar refractivity (Wildman–Crippen MR) is 80.0 cm³/mol. The van der Waals surface area contributed by atoms with Crippen molar-refractivity contribution in [3.05, 3.63) is 57.8 Å². The van der Waals surface area contributed by atoms with Crippen molar-refractivity contribution in [3.63, 3.8) is 0 Å². The Morgan fingerprint density at radius 3 is 2.57 bits per heavy atom. The van der Waals surface area contributed by atoms with Gasteiger partial charge in [0.2, 0.25) is 0 Å². The molecule has 0 bridgehead atoms. The van der Waals surface area contributed by atoms with E-state index in [-0.39, 0.29) is 5.75 Å². The topological polar surface area (TPSA) is 55.4 Å². The van der Waals surface area contributed by atoms with Gasteiger partial charge in [-0.15, -0.1) is 0 Å². The van der Waals surface area contributed by atoms with E-state index in [0.717, 1.165) is 6.07 Å². The molecular weight excluding hydrogens is 379 g/mol. The van der Waals surface area contributed by atoms with E-state index >= 15 is 0 Å². The second-order valence-electron chi connectivity index (χ2n) is 4.37. The number of anilines is 1. The lowest BCUT2D eigenvalue weighted by Crippen LogP contribution is -2.21. The number of aldehydes is 1. The number of ether oxygens (including phenoxy) is 1. The Bertz CT molecular complexity index is 768. The van der Waals surface area contributed by atoms with Gasteiger partial charge in [0, 0.05) is 5.56 Å². The number of hydrogen-bond acceptors (Lipinski definition) is 3. The number of benzene rings is 2. The summed E-state index contributed by atoms with van der Waals surface area (Å²) in [6.45, 7) is -0.489. The van der Waals surface area contributed by atoms with Crippen molar-refractivity contribution in [2.45, 2.75) is 0 Å². The maximum atomic E-state index is 13.4. The van der Waals surface area contributed by atoms with Gasteiger partial charge in [0.05, 0.1) is 10.2 Å². The molecule has 0 unspecified atom stereocenters. The van der Waals surface area contributed by atoms with Crippen LogP contribution >= 0.6 is 15.9 Å². The molecule has 0 aliphatic heterocycles. The Morgan fingerprint density at radius 2 is 1.91 bits per heavy atom. The highest BCUT2D eigenvalue weighted by Crippen LogP contribution is 2.25. The van der Waals surface area contributed by atoms with Crippen LogP contribution in [0.1, 0.15) is 10.4 Å². The number of hydrogen-bond donors (Lipinski definition) is 1. The van der Waals surface area contributed by atoms with Crippen molar-refractivity contribution >= 4 is 33.8 Å². The molecule has 0 fully saturated rings. The summed E-state index contributed by atoms with van der Waals surface area (Å²) in [5.41, 5.74) is -0.0783. The normalized spacial score (nSPS) is 10.3. The summed E-state index contributed by atoms with van der Waals surface area (Å²) in [6, 6.07) is 6.05. The van der Waals surface area contributed by atoms with Gasteiger partial charge < -0.3 is 10.1 Å². The third-order valence-electron chi connectivity index (χ3n) is 2.76. The summed E-state index contributed by atoms with van der Waals surface area (Å²) in [7, 11) is 0. The van der Waals surface area contributed by atoms with Crippen molar-refractivity contribution < 1.29 is 27.5 Å². The van der Waals surface area contributed by atoms with Gasteiger partial charge in [-0.05, 0) is 46.3 Å². The minimum absolute atomic E-state index is 0.288. The molecule has 23 heavy (non-hydrogen) atoms. The molecule has 2 rings (SSSR count). The summed E-state index contributed by atoms with van der Waals surface area (Å²) in [6.07, 6.45) is 0.646. The zero-order chi connectivity index (χ0) is 17.0. The van der Waals surface area contributed by atoms with Crippen LogP contribution in [0.4, 0.5) is 18.9 Å². The molecule has 0 atom stereocenters. The van der Waals surface area contributed by atoms with Crippen LogP contribution < -0.4 is 10.1 Å². The summed E-state index contributed by atoms with van der Waals surface area (Å²) in [4.78, 5) is 22.3. The van der Waals surface area contributed by atoms with Gasteiger partial charge in [0.1, 0.15) is 12.0 Å². The highest BCUT2D eigenvalue weighted by molar-refractivity contribution is 9.10. The molecule has 4 nitrogen and oxygen atoms in total. The summed E-state index contributed by atoms with van der Waals surface area (Å²) in [5.74, 6) is -4.99. The Kier molecular flexibility index (Phi) is 5.38. The van der Waals surface area contributed by atoms with Crippen molar-refractivity contribution in [1.29, 1.82) is 0 Å². The maximum absolute atomic E-state index is 13.4. The molecule has 0 saturated heterocycles. The number of amides is 1. The van der Waals surface area contributed by atoms with Crippen LogP contribution in [0.3, 0.4) is 0 Å². The fourth-order valence-corrected chi connectivity index (χ4v) is 2.17. The molecule has 120 valence electrons. The van der Waals surface area contributed by atoms with E-state index < -0.39 is 35.7 Å². The smallest absolute Gasteiger partial charge is 0.262 e. The number of nitrogens with one attached hydrogen (secondary N) is 1. The molecule has 0 saturated carbocycles. The van der Waals surface area contributed by atoms with Gasteiger partial charge in [-0.3, -0.25) is 9.59 Å². The number of halogens is 4. The highest BCUT2D eigenvalue weighted by Gasteiger charge is 2.15. The molecule has 1 amide bonds. The average molecular weight is 388 g/mol. The first-order chi connectivity index (χ1) is 10.9. The first kappa shape index (κ1) is 17.0. The standard InChI is InChI=1S/C15H9BrF3NO3/c16-9-5-8(6-21)1-4-12(9)23-7-13(22)20-11-3-2-10(17)14(18)15(11)19/h1-6H,7H2,(H,20,22). The minimum atomic E-state index is -1.67. The molecule has 2 aromatic rings. The monoisotopic (exact) mass is 387 g/mol. The van der Waals surface area contributed by atoms with E-state index in [1.54, 1.807) is 0 Å². The molecule has 0 aliphatic carbocycles. The van der Waals surface area contributed by atoms with Gasteiger partial charge in [-0.1, -0.05) is 0 Å². The molecule has 0 aliphatic rings. The summed E-state index contributed by atoms with van der Waals surface area (Å²) < 4.78 is 44.9. The molecule has 0 aromatic heterocycles. The summed E-state index contributed by atoms with van der Waals surface area (Å²) in [5, 5.41) is 2.07. The van der Waals surface area contributed by atoms with E-state index in [1.807, 2.05) is 0 Å². The Morgan fingerprint density at radius 1 is 1.17 bits per heavy atom. The fourth-order valence-electron chi connectivity index (χ4n) is 1.66. The van der Waals surface area contributed by atoms with Crippen LogP contribution in [-0.4, -0.2) is 18.8 Å². The van der Waals surface area contributed by atoms with Gasteiger partial charge in [0.15, 0.2) is 24.1 Å². The Hall–Kier alpha value is -2.35. The van der Waals surface area contributed by atoms with Crippen LogP contribution in [0.5, 0.6) is 5.75 Å². The van der Waals surface area contributed by atoms with Crippen LogP contribution in [0.25, 0.3) is 0 Å². The molecule has 1 N–H and O–H groups in total. The second kappa shape index (κ2) is 7.28. The molecule has 8 heteroatoms. The lowest BCUT2D eigenvalue weighted by atomic mass is 10.2. The van der Waals surface area contributed by atoms with E-state index in [9.17, 15) is 22.8 Å². The Labute approximate surface area is 137 Å². The number of carbonyl (C=O) groups excluding carboxylic acids is 2. The SMILES string of the molecule is O=Cc1ccc(OCC(=O)Nc2ccc(F)c(F)c2F)c(Br)c1. The maximum Gasteiger partial charge on any atom is 0.262 e. The van der Waals surface area contributed by atoms with Gasteiger partial charge in [-0.2, -0.15) is 0 Å². The quantitative estimate of drug-likeness (QED) is 0.628. The molecule has 0 heterocycles. The Balaban J connectivity index is 2.01. The van der Waals surface area contributed by atoms with Crippen molar-refractivity contribution in [2.24, 2.45) is 0 Å². The fraction of sp³-hybridized carbons (Fsp3) is 0.0667. The van der Waals surface area contributed by atoms with Crippen molar-refractivity contribution in [1.82, 2.24) is 0 Å². The zero-order valence-electron chi connectivity index (χ0n) is 11.4. The van der Waals surface area contributed by atoms with Crippen LogP contribution in [0.15, 0.2) is 34.8 Å². The van der Waals surface area contributed by atoms with Gasteiger partial charge in [0.25, 0.3) is 5.91 Å². The predicted octanol–water partition coefficient (Wildman–Crippen LogP) is 3.70. The number of carbonyl (C=O) groups is 2. The van der Waals surface area contributed by atoms with E-state index in [0.29, 0.717) is 22.4 Å². The molecule has 0 radical (unpaired) electrons. The molecular formula is C15H9BrF3NO3. The zero-order valence-corrected chi connectivity index (χ0v) is 13.0. The average Bonchev–Trinajstić information content (AvgIpc) is 2.54. The highest BCUT2D eigenvalue weighted by atomic mass is 79.9. The molecule has 2 aromatic carbocycles. The minimum Gasteiger partial charge on any atom is -0.483 e. The molecule has 0 spiro atoms. The lowest BCUT2D eigenvalue weighted by molar-refractivity contribution is -0.118. The number of rotatable bonds is 5. The van der Waals surface area contributed by atoms with Crippen molar-refractivity contribution in [2.75, 3.05) is 11.9 Å². The second-order valence-corrected chi connectivity index (χ2v) is 5.22. The van der Waals surface area contributed by atoms with E-state index in [4.69, 9.17) is 4.74 Å². The van der Waals surface area contributed by atoms with E-state index in [2.05, 4.69) is 21.2 Å². The first-order valence-electron chi connectivity index (χ1n) is 6.23. The van der Waals surface area contributed by atoms with Gasteiger partial charge in [-0.25, -0.2) is 13.2 Å². The third-order valence-corrected chi connectivity index (χ3v) is 3.38. The van der Waals surface area contributed by atoms with Gasteiger partial charge >= 0.3 is 0 Å².